The standard InChI is InChI=1S/C13H18BrNOS/c1-9-2-4-10(5-3-9)8-15-13(16)12-11(14)6-7-17-12/h6-7,9-10H,2-5,8H2,1H3,(H,15,16). The van der Waals surface area contributed by atoms with Crippen molar-refractivity contribution in [3.63, 3.8) is 0 Å². The zero-order chi connectivity index (χ0) is 12.3. The third-order valence-electron chi connectivity index (χ3n) is 3.51. The lowest BCUT2D eigenvalue weighted by molar-refractivity contribution is 0.0945. The number of thiophene rings is 1. The first-order chi connectivity index (χ1) is 8.16. The molecule has 0 aliphatic heterocycles. The van der Waals surface area contributed by atoms with Gasteiger partial charge in [-0.15, -0.1) is 11.3 Å². The van der Waals surface area contributed by atoms with Gasteiger partial charge in [0.2, 0.25) is 0 Å². The smallest absolute Gasteiger partial charge is 0.262 e. The normalized spacial score (nSPS) is 24.6. The molecular formula is C13H18BrNOS. The van der Waals surface area contributed by atoms with Gasteiger partial charge in [0, 0.05) is 11.0 Å². The summed E-state index contributed by atoms with van der Waals surface area (Å²) in [5.74, 6) is 1.60. The molecular weight excluding hydrogens is 298 g/mol. The van der Waals surface area contributed by atoms with Crippen LogP contribution in [0.4, 0.5) is 0 Å². The second kappa shape index (κ2) is 6.01. The van der Waals surface area contributed by atoms with Gasteiger partial charge in [-0.25, -0.2) is 0 Å². The largest absolute Gasteiger partial charge is 0.351 e. The molecule has 0 aromatic carbocycles. The quantitative estimate of drug-likeness (QED) is 0.895. The minimum absolute atomic E-state index is 0.0606. The molecule has 2 nitrogen and oxygen atoms in total. The Balaban J connectivity index is 1.79. The molecule has 1 aliphatic carbocycles. The fourth-order valence-electron chi connectivity index (χ4n) is 2.31. The van der Waals surface area contributed by atoms with Gasteiger partial charge in [0.1, 0.15) is 4.88 Å². The van der Waals surface area contributed by atoms with Gasteiger partial charge in [-0.05, 0) is 52.1 Å². The lowest BCUT2D eigenvalue weighted by atomic mass is 9.83. The number of carbonyl (C=O) groups excluding carboxylic acids is 1. The summed E-state index contributed by atoms with van der Waals surface area (Å²) in [4.78, 5) is 12.7. The maximum Gasteiger partial charge on any atom is 0.262 e. The van der Waals surface area contributed by atoms with Crippen molar-refractivity contribution in [3.05, 3.63) is 20.8 Å². The molecule has 1 heterocycles. The first-order valence-electron chi connectivity index (χ1n) is 6.18. The minimum Gasteiger partial charge on any atom is -0.351 e. The average Bonchev–Trinajstić information content (AvgIpc) is 2.74. The summed E-state index contributed by atoms with van der Waals surface area (Å²) in [6.45, 7) is 3.15. The fraction of sp³-hybridized carbons (Fsp3) is 0.615. The topological polar surface area (TPSA) is 29.1 Å². The second-order valence-electron chi connectivity index (χ2n) is 4.93. The van der Waals surface area contributed by atoms with Crippen molar-refractivity contribution in [1.82, 2.24) is 5.32 Å². The SMILES string of the molecule is CC1CCC(CNC(=O)c2sccc2Br)CC1. The van der Waals surface area contributed by atoms with Crippen molar-refractivity contribution < 1.29 is 4.79 Å². The first kappa shape index (κ1) is 13.1. The highest BCUT2D eigenvalue weighted by Crippen LogP contribution is 2.28. The van der Waals surface area contributed by atoms with Crippen molar-refractivity contribution in [2.24, 2.45) is 11.8 Å². The predicted octanol–water partition coefficient (Wildman–Crippen LogP) is 4.07. The lowest BCUT2D eigenvalue weighted by Gasteiger charge is -2.26. The monoisotopic (exact) mass is 315 g/mol. The van der Waals surface area contributed by atoms with Gasteiger partial charge < -0.3 is 5.32 Å². The van der Waals surface area contributed by atoms with Gasteiger partial charge in [-0.2, -0.15) is 0 Å². The molecule has 94 valence electrons. The maximum absolute atomic E-state index is 11.9. The van der Waals surface area contributed by atoms with Gasteiger partial charge >= 0.3 is 0 Å². The van der Waals surface area contributed by atoms with Crippen LogP contribution in [0.5, 0.6) is 0 Å². The second-order valence-corrected chi connectivity index (χ2v) is 6.70. The molecule has 1 aliphatic rings. The van der Waals surface area contributed by atoms with Crippen molar-refractivity contribution in [1.29, 1.82) is 0 Å². The number of nitrogens with one attached hydrogen (secondary N) is 1. The molecule has 0 unspecified atom stereocenters. The van der Waals surface area contributed by atoms with E-state index < -0.39 is 0 Å². The molecule has 0 atom stereocenters. The Morgan fingerprint density at radius 1 is 1.47 bits per heavy atom. The van der Waals surface area contributed by atoms with E-state index in [2.05, 4.69) is 28.2 Å². The summed E-state index contributed by atoms with van der Waals surface area (Å²) in [5, 5.41) is 4.98. The summed E-state index contributed by atoms with van der Waals surface area (Å²) >= 11 is 4.88. The first-order valence-corrected chi connectivity index (χ1v) is 7.85. The van der Waals surface area contributed by atoms with Crippen LogP contribution in [0.15, 0.2) is 15.9 Å². The number of amides is 1. The van der Waals surface area contributed by atoms with Crippen molar-refractivity contribution >= 4 is 33.2 Å². The molecule has 4 heteroatoms. The van der Waals surface area contributed by atoms with E-state index in [9.17, 15) is 4.79 Å². The van der Waals surface area contributed by atoms with Gasteiger partial charge in [-0.3, -0.25) is 4.79 Å². The summed E-state index contributed by atoms with van der Waals surface area (Å²) < 4.78 is 0.900. The highest BCUT2D eigenvalue weighted by molar-refractivity contribution is 9.10. The van der Waals surface area contributed by atoms with Crippen LogP contribution in [0.25, 0.3) is 0 Å². The van der Waals surface area contributed by atoms with Crippen molar-refractivity contribution in [3.8, 4) is 0 Å². The summed E-state index contributed by atoms with van der Waals surface area (Å²) in [6.07, 6.45) is 5.13. The Hall–Kier alpha value is -0.350. The number of hydrogen-bond acceptors (Lipinski definition) is 2. The summed E-state index contributed by atoms with van der Waals surface area (Å²) in [6, 6.07) is 1.92. The number of carbonyl (C=O) groups is 1. The van der Waals surface area contributed by atoms with Crippen LogP contribution in [0.3, 0.4) is 0 Å². The Kier molecular flexibility index (Phi) is 4.62. The Bertz CT molecular complexity index is 383. The third-order valence-corrected chi connectivity index (χ3v) is 5.35. The third kappa shape index (κ3) is 3.55. The highest BCUT2D eigenvalue weighted by atomic mass is 79.9. The number of halogens is 1. The van der Waals surface area contributed by atoms with Gasteiger partial charge in [0.25, 0.3) is 5.91 Å². The van der Waals surface area contributed by atoms with Crippen LogP contribution in [-0.2, 0) is 0 Å². The summed E-state index contributed by atoms with van der Waals surface area (Å²) in [7, 11) is 0. The van der Waals surface area contributed by atoms with Gasteiger partial charge in [0.15, 0.2) is 0 Å². The zero-order valence-corrected chi connectivity index (χ0v) is 12.4. The molecule has 1 amide bonds. The maximum atomic E-state index is 11.9. The summed E-state index contributed by atoms with van der Waals surface area (Å²) in [5.41, 5.74) is 0. The van der Waals surface area contributed by atoms with Crippen molar-refractivity contribution in [2.75, 3.05) is 6.54 Å². The molecule has 0 spiro atoms. The highest BCUT2D eigenvalue weighted by Gasteiger charge is 2.19. The molecule has 1 saturated carbocycles. The molecule has 1 N–H and O–H groups in total. The molecule has 2 rings (SSSR count). The van der Waals surface area contributed by atoms with Gasteiger partial charge in [-0.1, -0.05) is 19.8 Å². The van der Waals surface area contributed by atoms with E-state index in [1.54, 1.807) is 0 Å². The van der Waals surface area contributed by atoms with E-state index >= 15 is 0 Å². The molecule has 0 saturated heterocycles. The molecule has 1 aromatic heterocycles. The zero-order valence-electron chi connectivity index (χ0n) is 10.0. The van der Waals surface area contributed by atoms with E-state index in [1.807, 2.05) is 11.4 Å². The van der Waals surface area contributed by atoms with E-state index in [1.165, 1.54) is 37.0 Å². The van der Waals surface area contributed by atoms with Crippen molar-refractivity contribution in [2.45, 2.75) is 32.6 Å². The molecule has 1 fully saturated rings. The van der Waals surface area contributed by atoms with E-state index in [0.29, 0.717) is 5.92 Å². The Morgan fingerprint density at radius 3 is 2.76 bits per heavy atom. The molecule has 0 bridgehead atoms. The Morgan fingerprint density at radius 2 is 2.18 bits per heavy atom. The molecule has 17 heavy (non-hydrogen) atoms. The van der Waals surface area contributed by atoms with Crippen LogP contribution in [-0.4, -0.2) is 12.5 Å². The van der Waals surface area contributed by atoms with Gasteiger partial charge in [0.05, 0.1) is 0 Å². The predicted molar refractivity (Wildman–Crippen MR) is 75.5 cm³/mol. The lowest BCUT2D eigenvalue weighted by Crippen LogP contribution is -2.30. The fourth-order valence-corrected chi connectivity index (χ4v) is 3.77. The number of rotatable bonds is 3. The minimum atomic E-state index is 0.0606. The van der Waals surface area contributed by atoms with Crippen LogP contribution in [0, 0.1) is 11.8 Å². The Labute approximate surface area is 115 Å². The number of hydrogen-bond donors (Lipinski definition) is 1. The average molecular weight is 316 g/mol. The van der Waals surface area contributed by atoms with Crippen LogP contribution >= 0.6 is 27.3 Å². The van der Waals surface area contributed by atoms with E-state index in [4.69, 9.17) is 0 Å². The molecule has 1 aromatic rings. The molecule has 0 radical (unpaired) electrons. The van der Waals surface area contributed by atoms with E-state index in [-0.39, 0.29) is 5.91 Å². The van der Waals surface area contributed by atoms with E-state index in [0.717, 1.165) is 21.8 Å². The van der Waals surface area contributed by atoms with Crippen LogP contribution < -0.4 is 5.32 Å². The van der Waals surface area contributed by atoms with Crippen LogP contribution in [0.2, 0.25) is 0 Å². The van der Waals surface area contributed by atoms with Crippen LogP contribution in [0.1, 0.15) is 42.3 Å².